The van der Waals surface area contributed by atoms with Crippen LogP contribution < -0.4 is 16.0 Å². The minimum Gasteiger partial charge on any atom is -0.497 e. The van der Waals surface area contributed by atoms with Crippen molar-refractivity contribution >= 4 is 0 Å². The van der Waals surface area contributed by atoms with Crippen LogP contribution >= 0.6 is 0 Å². The average molecular weight is 680 g/mol. The van der Waals surface area contributed by atoms with Crippen LogP contribution in [0.25, 0.3) is 0 Å². The van der Waals surface area contributed by atoms with Gasteiger partial charge in [-0.2, -0.15) is 0 Å². The molecule has 0 radical (unpaired) electrons. The Morgan fingerprint density at radius 1 is 0.740 bits per heavy atom. The highest BCUT2D eigenvalue weighted by atomic mass is 16.6. The van der Waals surface area contributed by atoms with Crippen molar-refractivity contribution in [3.63, 3.8) is 0 Å². The van der Waals surface area contributed by atoms with Crippen LogP contribution in [0.1, 0.15) is 99.1 Å². The maximum Gasteiger partial charge on any atom is 0.330 e. The van der Waals surface area contributed by atoms with Crippen molar-refractivity contribution in [2.45, 2.75) is 102 Å². The second-order valence-corrected chi connectivity index (χ2v) is 14.0. The van der Waals surface area contributed by atoms with Gasteiger partial charge in [-0.05, 0) is 68.1 Å². The molecule has 8 nitrogen and oxygen atoms in total. The third-order valence-corrected chi connectivity index (χ3v) is 10.5. The van der Waals surface area contributed by atoms with Gasteiger partial charge >= 0.3 is 5.69 Å². The topological polar surface area (TPSA) is 85.8 Å². The molecule has 0 saturated carbocycles. The van der Waals surface area contributed by atoms with E-state index < -0.39 is 17.5 Å². The van der Waals surface area contributed by atoms with Gasteiger partial charge in [0.05, 0.1) is 25.9 Å². The van der Waals surface area contributed by atoms with E-state index in [1.54, 1.807) is 24.8 Å². The van der Waals surface area contributed by atoms with Crippen LogP contribution in [-0.2, 0) is 15.1 Å². The number of nitrogens with zero attached hydrogens (tertiary/aromatic N) is 2. The van der Waals surface area contributed by atoms with Crippen LogP contribution in [0.3, 0.4) is 0 Å². The van der Waals surface area contributed by atoms with E-state index in [4.69, 9.17) is 14.2 Å². The molecular formula is C42H53N3O5. The summed E-state index contributed by atoms with van der Waals surface area (Å²) >= 11 is 0. The van der Waals surface area contributed by atoms with E-state index in [1.807, 2.05) is 48.5 Å². The monoisotopic (exact) mass is 679 g/mol. The number of hydrogen-bond acceptors (Lipinski definition) is 6. The van der Waals surface area contributed by atoms with Crippen LogP contribution in [0.4, 0.5) is 0 Å². The predicted molar refractivity (Wildman–Crippen MR) is 198 cm³/mol. The number of aromatic nitrogens is 2. The molecule has 1 aromatic heterocycles. The molecule has 2 saturated heterocycles. The summed E-state index contributed by atoms with van der Waals surface area (Å²) in [5.41, 5.74) is 1.75. The number of H-pyrrole nitrogens is 1. The van der Waals surface area contributed by atoms with Gasteiger partial charge in [-0.3, -0.25) is 19.2 Å². The Balaban J connectivity index is 1.35. The summed E-state index contributed by atoms with van der Waals surface area (Å²) in [4.78, 5) is 30.8. The van der Waals surface area contributed by atoms with Crippen LogP contribution in [0.2, 0.25) is 0 Å². The van der Waals surface area contributed by atoms with Gasteiger partial charge < -0.3 is 14.2 Å². The quantitative estimate of drug-likeness (QED) is 0.182. The van der Waals surface area contributed by atoms with E-state index in [0.29, 0.717) is 18.6 Å². The molecule has 4 aromatic rings. The van der Waals surface area contributed by atoms with Crippen LogP contribution in [0.5, 0.6) is 5.75 Å². The molecule has 50 heavy (non-hydrogen) atoms. The molecule has 2 fully saturated rings. The third kappa shape index (κ3) is 8.31. The van der Waals surface area contributed by atoms with Gasteiger partial charge in [0, 0.05) is 11.8 Å². The molecule has 0 amide bonds. The first-order chi connectivity index (χ1) is 24.5. The lowest BCUT2D eigenvalue weighted by molar-refractivity contribution is -0.0839. The summed E-state index contributed by atoms with van der Waals surface area (Å²) in [6.45, 7) is 3.95. The molecule has 2 aliphatic rings. The lowest BCUT2D eigenvalue weighted by Crippen LogP contribution is -2.44. The largest absolute Gasteiger partial charge is 0.497 e. The van der Waals surface area contributed by atoms with E-state index in [0.717, 1.165) is 48.4 Å². The first-order valence-corrected chi connectivity index (χ1v) is 18.6. The van der Waals surface area contributed by atoms with Gasteiger partial charge in [0.25, 0.3) is 5.56 Å². The molecule has 3 atom stereocenters. The second kappa shape index (κ2) is 17.3. The summed E-state index contributed by atoms with van der Waals surface area (Å²) in [5, 5.41) is 0. The van der Waals surface area contributed by atoms with E-state index in [-0.39, 0.29) is 17.7 Å². The van der Waals surface area contributed by atoms with Crippen molar-refractivity contribution in [1.29, 1.82) is 0 Å². The SMILES string of the molecule is COc1ccc(C(OC[C@@H]2C[C@@H](N3CCCCCCCCCCCC3)[C@H](n3cc(C)c(=O)[nH]c3=O)O2)(c2ccccc2)c2ccccc2)cc1. The Morgan fingerprint density at radius 2 is 1.26 bits per heavy atom. The maximum atomic E-state index is 13.4. The fraction of sp³-hybridized carbons (Fsp3) is 0.476. The summed E-state index contributed by atoms with van der Waals surface area (Å²) < 4.78 is 21.2. The summed E-state index contributed by atoms with van der Waals surface area (Å²) in [6, 6.07) is 28.7. The number of benzene rings is 3. The third-order valence-electron chi connectivity index (χ3n) is 10.5. The number of aromatic amines is 1. The molecule has 0 spiro atoms. The normalized spacial score (nSPS) is 21.5. The van der Waals surface area contributed by atoms with Crippen molar-refractivity contribution < 1.29 is 14.2 Å². The van der Waals surface area contributed by atoms with E-state index in [2.05, 4.69) is 46.3 Å². The highest BCUT2D eigenvalue weighted by Crippen LogP contribution is 2.42. The first kappa shape index (κ1) is 35.8. The molecular weight excluding hydrogens is 626 g/mol. The average Bonchev–Trinajstić information content (AvgIpc) is 3.58. The highest BCUT2D eigenvalue weighted by Gasteiger charge is 2.43. The van der Waals surface area contributed by atoms with Crippen molar-refractivity contribution in [3.05, 3.63) is 134 Å². The molecule has 8 heteroatoms. The van der Waals surface area contributed by atoms with E-state index in [1.165, 1.54) is 51.4 Å². The summed E-state index contributed by atoms with van der Waals surface area (Å²) in [5.74, 6) is 0.775. The minimum absolute atomic E-state index is 0.0411. The van der Waals surface area contributed by atoms with E-state index >= 15 is 0 Å². The number of aryl methyl sites for hydroxylation is 1. The van der Waals surface area contributed by atoms with Gasteiger partial charge in [0.2, 0.25) is 0 Å². The van der Waals surface area contributed by atoms with Gasteiger partial charge in [-0.1, -0.05) is 124 Å². The smallest absolute Gasteiger partial charge is 0.330 e. The molecule has 0 aliphatic carbocycles. The number of ether oxygens (including phenoxy) is 3. The van der Waals surface area contributed by atoms with Crippen molar-refractivity contribution in [1.82, 2.24) is 14.5 Å². The van der Waals surface area contributed by atoms with Crippen LogP contribution in [0.15, 0.2) is 101 Å². The molecule has 0 unspecified atom stereocenters. The standard InChI is InChI=1S/C42H53N3O5/c1-32-30-45(41(47)43-39(32)46)40-38(44-27-17-9-7-5-3-4-6-8-10-18-28-44)29-37(50-40)31-49-42(33-19-13-11-14-20-33,34-21-15-12-16-22-34)35-23-25-36(48-2)26-24-35/h11-16,19-26,30,37-38,40H,3-10,17-18,27-29,31H2,1-2H3,(H,43,46,47)/t37-,38+,40+/m0/s1. The van der Waals surface area contributed by atoms with Gasteiger partial charge in [0.1, 0.15) is 11.4 Å². The van der Waals surface area contributed by atoms with Crippen molar-refractivity contribution in [2.75, 3.05) is 26.8 Å². The number of nitrogens with one attached hydrogen (secondary N) is 1. The highest BCUT2D eigenvalue weighted by molar-refractivity contribution is 5.48. The zero-order valence-electron chi connectivity index (χ0n) is 29.7. The zero-order valence-corrected chi connectivity index (χ0v) is 29.7. The molecule has 6 rings (SSSR count). The van der Waals surface area contributed by atoms with Crippen molar-refractivity contribution in [3.8, 4) is 5.75 Å². The summed E-state index contributed by atoms with van der Waals surface area (Å²) in [6.07, 6.45) is 14.0. The number of rotatable bonds is 9. The Kier molecular flexibility index (Phi) is 12.4. The Bertz CT molecular complexity index is 1680. The van der Waals surface area contributed by atoms with Crippen molar-refractivity contribution in [2.24, 2.45) is 0 Å². The van der Waals surface area contributed by atoms with Gasteiger partial charge in [-0.15, -0.1) is 0 Å². The van der Waals surface area contributed by atoms with E-state index in [9.17, 15) is 9.59 Å². The number of hydrogen-bond donors (Lipinski definition) is 1. The molecule has 1 N–H and O–H groups in total. The first-order valence-electron chi connectivity index (χ1n) is 18.6. The second-order valence-electron chi connectivity index (χ2n) is 14.0. The number of methoxy groups -OCH3 is 1. The van der Waals surface area contributed by atoms with Crippen LogP contribution in [0, 0.1) is 6.92 Å². The molecule has 266 valence electrons. The Hall–Kier alpha value is -3.98. The summed E-state index contributed by atoms with van der Waals surface area (Å²) in [7, 11) is 1.67. The fourth-order valence-electron chi connectivity index (χ4n) is 7.82. The lowest BCUT2D eigenvalue weighted by Gasteiger charge is -2.36. The lowest BCUT2D eigenvalue weighted by atomic mass is 9.80. The predicted octanol–water partition coefficient (Wildman–Crippen LogP) is 7.74. The molecule has 0 bridgehead atoms. The maximum absolute atomic E-state index is 13.4. The fourth-order valence-corrected chi connectivity index (χ4v) is 7.82. The minimum atomic E-state index is -0.927. The molecule has 3 heterocycles. The molecule has 3 aromatic carbocycles. The Labute approximate surface area is 296 Å². The van der Waals surface area contributed by atoms with Gasteiger partial charge in [0.15, 0.2) is 6.23 Å². The van der Waals surface area contributed by atoms with Gasteiger partial charge in [-0.25, -0.2) is 4.79 Å². The Morgan fingerprint density at radius 3 is 1.80 bits per heavy atom. The van der Waals surface area contributed by atoms with Crippen LogP contribution in [-0.4, -0.2) is 53.4 Å². The molecule has 2 aliphatic heterocycles. The zero-order chi connectivity index (χ0) is 34.8.